The first kappa shape index (κ1) is 33.5. The van der Waals surface area contributed by atoms with Gasteiger partial charge in [-0.3, -0.25) is 14.4 Å². The SMILES string of the molecule is CN1CCN(c2cc(F)ccc2C2SC(CC(=O)N3CCC(N4C=C(c5ccccc5)CC4=O)CC3)C(=O)N2CCC(C)(C)C)CC1. The minimum absolute atomic E-state index is 0.0117. The number of likely N-dealkylation sites (N-methyl/N-ethyl adjacent to an activating group) is 1. The maximum atomic E-state index is 14.6. The van der Waals surface area contributed by atoms with Crippen LogP contribution in [0.1, 0.15) is 69.4 Å². The van der Waals surface area contributed by atoms with E-state index in [4.69, 9.17) is 0 Å². The molecule has 4 aliphatic heterocycles. The molecule has 0 saturated carbocycles. The van der Waals surface area contributed by atoms with Gasteiger partial charge in [0.05, 0.1) is 11.7 Å². The number of carbonyl (C=O) groups is 3. The molecule has 0 N–H and O–H groups in total. The van der Waals surface area contributed by atoms with Gasteiger partial charge in [-0.05, 0) is 55.0 Å². The molecule has 8 nitrogen and oxygen atoms in total. The van der Waals surface area contributed by atoms with E-state index < -0.39 is 5.25 Å². The standard InChI is InChI=1S/C37H48FN5O3S/c1-37(2,3)14-17-42-35(46)32(47-36(42)30-11-10-28(38)23-31(30)40-20-18-39(4)19-21-40)24-33(44)41-15-12-29(13-16-41)43-25-27(22-34(43)45)26-8-6-5-7-9-26/h5-11,23,25,29,32,36H,12-22,24H2,1-4H3. The molecule has 3 fully saturated rings. The number of amides is 3. The van der Waals surface area contributed by atoms with E-state index in [0.717, 1.165) is 55.0 Å². The lowest BCUT2D eigenvalue weighted by atomic mass is 9.92. The van der Waals surface area contributed by atoms with Crippen molar-refractivity contribution in [3.05, 3.63) is 71.7 Å². The number of piperidine rings is 1. The number of rotatable bonds is 8. The van der Waals surface area contributed by atoms with Crippen LogP contribution in [0.25, 0.3) is 5.57 Å². The lowest BCUT2D eigenvalue weighted by Gasteiger charge is -2.37. The van der Waals surface area contributed by atoms with Crippen molar-refractivity contribution in [1.82, 2.24) is 19.6 Å². The molecule has 0 bridgehead atoms. The van der Waals surface area contributed by atoms with Gasteiger partial charge >= 0.3 is 0 Å². The summed E-state index contributed by atoms with van der Waals surface area (Å²) in [7, 11) is 2.10. The highest BCUT2D eigenvalue weighted by Crippen LogP contribution is 2.48. The number of likely N-dealkylation sites (tertiary alicyclic amines) is 1. The lowest BCUT2D eigenvalue weighted by molar-refractivity contribution is -0.137. The summed E-state index contributed by atoms with van der Waals surface area (Å²) in [5.74, 6) is -0.199. The monoisotopic (exact) mass is 661 g/mol. The average molecular weight is 662 g/mol. The van der Waals surface area contributed by atoms with Crippen molar-refractivity contribution in [1.29, 1.82) is 0 Å². The fourth-order valence-electron chi connectivity index (χ4n) is 7.05. The predicted octanol–water partition coefficient (Wildman–Crippen LogP) is 5.61. The second-order valence-electron chi connectivity index (χ2n) is 14.6. The number of nitrogens with zero attached hydrogens (tertiary/aromatic N) is 5. The van der Waals surface area contributed by atoms with E-state index in [2.05, 4.69) is 37.6 Å². The Bertz CT molecular complexity index is 1500. The molecule has 47 heavy (non-hydrogen) atoms. The number of halogens is 1. The molecular formula is C37H48FN5O3S. The Morgan fingerprint density at radius 3 is 2.34 bits per heavy atom. The quantitative estimate of drug-likeness (QED) is 0.367. The average Bonchev–Trinajstić information content (AvgIpc) is 3.59. The van der Waals surface area contributed by atoms with Gasteiger partial charge in [0.15, 0.2) is 0 Å². The van der Waals surface area contributed by atoms with E-state index in [1.165, 1.54) is 17.8 Å². The zero-order chi connectivity index (χ0) is 33.3. The first-order valence-electron chi connectivity index (χ1n) is 17.0. The number of hydrogen-bond donors (Lipinski definition) is 0. The third kappa shape index (κ3) is 7.70. The lowest BCUT2D eigenvalue weighted by Crippen LogP contribution is -2.46. The third-order valence-corrected chi connectivity index (χ3v) is 11.4. The van der Waals surface area contributed by atoms with Crippen LogP contribution >= 0.6 is 11.8 Å². The van der Waals surface area contributed by atoms with Crippen LogP contribution in [0.4, 0.5) is 10.1 Å². The number of hydrogen-bond acceptors (Lipinski definition) is 6. The van der Waals surface area contributed by atoms with Gasteiger partial charge in [-0.2, -0.15) is 0 Å². The van der Waals surface area contributed by atoms with Crippen LogP contribution in [0.2, 0.25) is 0 Å². The zero-order valence-corrected chi connectivity index (χ0v) is 29.0. The Balaban J connectivity index is 1.13. The maximum absolute atomic E-state index is 14.6. The van der Waals surface area contributed by atoms with E-state index >= 15 is 0 Å². The largest absolute Gasteiger partial charge is 0.369 e. The Morgan fingerprint density at radius 1 is 0.957 bits per heavy atom. The number of carbonyl (C=O) groups excluding carboxylic acids is 3. The minimum atomic E-state index is -0.493. The zero-order valence-electron chi connectivity index (χ0n) is 28.2. The first-order chi connectivity index (χ1) is 22.5. The summed E-state index contributed by atoms with van der Waals surface area (Å²) in [5.41, 5.74) is 3.93. The molecule has 0 radical (unpaired) electrons. The Kier molecular flexibility index (Phi) is 9.99. The summed E-state index contributed by atoms with van der Waals surface area (Å²) in [6, 6.07) is 15.0. The van der Waals surface area contributed by atoms with Gasteiger partial charge in [-0.15, -0.1) is 11.8 Å². The molecule has 4 heterocycles. The van der Waals surface area contributed by atoms with E-state index in [9.17, 15) is 18.8 Å². The van der Waals surface area contributed by atoms with Crippen molar-refractivity contribution in [2.24, 2.45) is 5.41 Å². The van der Waals surface area contributed by atoms with Crippen molar-refractivity contribution in [3.63, 3.8) is 0 Å². The van der Waals surface area contributed by atoms with Gasteiger partial charge in [-0.1, -0.05) is 57.2 Å². The van der Waals surface area contributed by atoms with Crippen LogP contribution in [-0.4, -0.2) is 101 Å². The van der Waals surface area contributed by atoms with Crippen LogP contribution in [0.15, 0.2) is 54.7 Å². The molecule has 3 amide bonds. The topological polar surface area (TPSA) is 67.4 Å². The van der Waals surface area contributed by atoms with Crippen molar-refractivity contribution >= 4 is 40.7 Å². The van der Waals surface area contributed by atoms with Crippen LogP contribution in [0, 0.1) is 11.2 Å². The third-order valence-electron chi connectivity index (χ3n) is 9.98. The Labute approximate surface area is 282 Å². The molecule has 0 aromatic heterocycles. The van der Waals surface area contributed by atoms with Gasteiger partial charge in [0.2, 0.25) is 17.7 Å². The van der Waals surface area contributed by atoms with Gasteiger partial charge in [0.25, 0.3) is 0 Å². The number of benzene rings is 2. The highest BCUT2D eigenvalue weighted by Gasteiger charge is 2.44. The summed E-state index contributed by atoms with van der Waals surface area (Å²) in [6.45, 7) is 11.6. The van der Waals surface area contributed by atoms with E-state index in [1.54, 1.807) is 6.07 Å². The summed E-state index contributed by atoms with van der Waals surface area (Å²) in [6.07, 6.45) is 4.79. The minimum Gasteiger partial charge on any atom is -0.369 e. The van der Waals surface area contributed by atoms with Crippen LogP contribution in [0.3, 0.4) is 0 Å². The summed E-state index contributed by atoms with van der Waals surface area (Å²) >= 11 is 1.54. The molecule has 2 unspecified atom stereocenters. The van der Waals surface area contributed by atoms with Crippen molar-refractivity contribution in [2.75, 3.05) is 57.8 Å². The highest BCUT2D eigenvalue weighted by atomic mass is 32.2. The Hall–Kier alpha value is -3.37. The number of thioether (sulfide) groups is 1. The normalized spacial score (nSPS) is 23.2. The molecule has 2 atom stereocenters. The van der Waals surface area contributed by atoms with E-state index in [0.29, 0.717) is 38.9 Å². The molecule has 0 spiro atoms. The predicted molar refractivity (Wildman–Crippen MR) is 186 cm³/mol. The molecule has 10 heteroatoms. The molecule has 2 aromatic rings. The molecular weight excluding hydrogens is 614 g/mol. The smallest absolute Gasteiger partial charge is 0.237 e. The Morgan fingerprint density at radius 2 is 1.66 bits per heavy atom. The summed E-state index contributed by atoms with van der Waals surface area (Å²) < 4.78 is 14.6. The molecule has 0 aliphatic carbocycles. The molecule has 6 rings (SSSR count). The second kappa shape index (κ2) is 14.0. The van der Waals surface area contributed by atoms with Gasteiger partial charge in [-0.25, -0.2) is 4.39 Å². The second-order valence-corrected chi connectivity index (χ2v) is 15.9. The summed E-state index contributed by atoms with van der Waals surface area (Å²) in [5, 5.41) is -0.775. The fraction of sp³-hybridized carbons (Fsp3) is 0.541. The van der Waals surface area contributed by atoms with Crippen LogP contribution in [0.5, 0.6) is 0 Å². The maximum Gasteiger partial charge on any atom is 0.237 e. The first-order valence-corrected chi connectivity index (χ1v) is 17.9. The van der Waals surface area contributed by atoms with Gasteiger partial charge in [0.1, 0.15) is 11.2 Å². The summed E-state index contributed by atoms with van der Waals surface area (Å²) in [4.78, 5) is 50.8. The van der Waals surface area contributed by atoms with Gasteiger partial charge < -0.3 is 24.5 Å². The fourth-order valence-corrected chi connectivity index (χ4v) is 8.56. The molecule has 2 aromatic carbocycles. The molecule has 252 valence electrons. The van der Waals surface area contributed by atoms with Crippen molar-refractivity contribution in [2.45, 2.75) is 69.5 Å². The highest BCUT2D eigenvalue weighted by molar-refractivity contribution is 8.01. The van der Waals surface area contributed by atoms with Crippen LogP contribution in [-0.2, 0) is 14.4 Å². The van der Waals surface area contributed by atoms with E-state index in [1.807, 2.05) is 57.3 Å². The van der Waals surface area contributed by atoms with E-state index in [-0.39, 0.29) is 46.8 Å². The van der Waals surface area contributed by atoms with Crippen LogP contribution < -0.4 is 4.90 Å². The van der Waals surface area contributed by atoms with Crippen molar-refractivity contribution < 1.29 is 18.8 Å². The molecule has 3 saturated heterocycles. The number of anilines is 1. The van der Waals surface area contributed by atoms with Gasteiger partial charge in [0, 0.05) is 75.7 Å². The van der Waals surface area contributed by atoms with Crippen molar-refractivity contribution in [3.8, 4) is 0 Å². The molecule has 4 aliphatic rings. The number of piperazine rings is 1.